The summed E-state index contributed by atoms with van der Waals surface area (Å²) in [5.74, 6) is 0. The van der Waals surface area contributed by atoms with E-state index >= 15 is 0 Å². The van der Waals surface area contributed by atoms with Crippen molar-refractivity contribution in [3.8, 4) is 6.07 Å². The summed E-state index contributed by atoms with van der Waals surface area (Å²) in [5.41, 5.74) is 4.71. The van der Waals surface area contributed by atoms with Crippen LogP contribution in [0.1, 0.15) is 11.1 Å². The summed E-state index contributed by atoms with van der Waals surface area (Å²) >= 11 is 6.03. The minimum Gasteiger partial charge on any atom is -0.377 e. The number of aryl methyl sites for hydroxylation is 1. The van der Waals surface area contributed by atoms with E-state index in [1.807, 2.05) is 26.2 Å². The van der Waals surface area contributed by atoms with Crippen LogP contribution < -0.4 is 10.2 Å². The summed E-state index contributed by atoms with van der Waals surface area (Å²) in [5, 5.41) is 12.6. The van der Waals surface area contributed by atoms with Gasteiger partial charge in [-0.1, -0.05) is 17.7 Å². The highest BCUT2D eigenvalue weighted by Crippen LogP contribution is 2.27. The molecule has 0 saturated heterocycles. The summed E-state index contributed by atoms with van der Waals surface area (Å²) in [6, 6.07) is 13.6. The lowest BCUT2D eigenvalue weighted by Gasteiger charge is -2.17. The molecule has 0 amide bonds. The van der Waals surface area contributed by atoms with Gasteiger partial charge in [0, 0.05) is 31.2 Å². The fourth-order valence-corrected chi connectivity index (χ4v) is 2.24. The molecule has 0 aliphatic carbocycles. The molecule has 3 nitrogen and oxygen atoms in total. The normalized spacial score (nSPS) is 9.95. The monoisotopic (exact) mass is 285 g/mol. The Morgan fingerprint density at radius 2 is 1.75 bits per heavy atom. The summed E-state index contributed by atoms with van der Waals surface area (Å²) in [6.07, 6.45) is 0. The van der Waals surface area contributed by atoms with Crippen molar-refractivity contribution in [2.24, 2.45) is 0 Å². The molecule has 0 aliphatic rings. The van der Waals surface area contributed by atoms with Gasteiger partial charge in [0.25, 0.3) is 0 Å². The van der Waals surface area contributed by atoms with E-state index in [4.69, 9.17) is 16.9 Å². The van der Waals surface area contributed by atoms with Crippen LogP contribution in [0.4, 0.5) is 17.1 Å². The molecule has 0 unspecified atom stereocenters. The predicted octanol–water partition coefficient (Wildman–Crippen LogP) is 4.33. The first-order valence-electron chi connectivity index (χ1n) is 6.26. The third kappa shape index (κ3) is 3.04. The lowest BCUT2D eigenvalue weighted by atomic mass is 10.1. The van der Waals surface area contributed by atoms with E-state index in [1.54, 1.807) is 12.1 Å². The topological polar surface area (TPSA) is 39.1 Å². The van der Waals surface area contributed by atoms with E-state index < -0.39 is 0 Å². The molecule has 2 aromatic rings. The number of hydrogen-bond acceptors (Lipinski definition) is 3. The second-order valence-corrected chi connectivity index (χ2v) is 5.23. The van der Waals surface area contributed by atoms with Gasteiger partial charge in [0.05, 0.1) is 10.6 Å². The molecule has 0 heterocycles. The van der Waals surface area contributed by atoms with Crippen LogP contribution in [0.3, 0.4) is 0 Å². The minimum atomic E-state index is 0.456. The van der Waals surface area contributed by atoms with Gasteiger partial charge in [-0.15, -0.1) is 0 Å². The molecule has 2 rings (SSSR count). The summed E-state index contributed by atoms with van der Waals surface area (Å²) in [7, 11) is 4.04. The van der Waals surface area contributed by atoms with Gasteiger partial charge in [-0.2, -0.15) is 5.26 Å². The Balaban J connectivity index is 2.29. The number of hydrogen-bond donors (Lipinski definition) is 1. The minimum absolute atomic E-state index is 0.456. The quantitative estimate of drug-likeness (QED) is 0.912. The SMILES string of the molecule is Cc1ccc(Nc2ccc(C#N)c(Cl)c2)cc1N(C)C. The number of benzene rings is 2. The van der Waals surface area contributed by atoms with Crippen LogP contribution in [-0.2, 0) is 0 Å². The second-order valence-electron chi connectivity index (χ2n) is 4.83. The molecule has 0 atom stereocenters. The van der Waals surface area contributed by atoms with E-state index in [0.29, 0.717) is 10.6 Å². The van der Waals surface area contributed by atoms with Crippen LogP contribution in [0.25, 0.3) is 0 Å². The Morgan fingerprint density at radius 3 is 2.35 bits per heavy atom. The molecule has 20 heavy (non-hydrogen) atoms. The van der Waals surface area contributed by atoms with E-state index in [0.717, 1.165) is 17.1 Å². The molecule has 0 spiro atoms. The summed E-state index contributed by atoms with van der Waals surface area (Å²) in [4.78, 5) is 2.08. The maximum atomic E-state index is 8.87. The average molecular weight is 286 g/mol. The van der Waals surface area contributed by atoms with Crippen LogP contribution in [-0.4, -0.2) is 14.1 Å². The van der Waals surface area contributed by atoms with Gasteiger partial charge in [-0.05, 0) is 42.8 Å². The number of rotatable bonds is 3. The second kappa shape index (κ2) is 5.85. The van der Waals surface area contributed by atoms with Crippen LogP contribution in [0, 0.1) is 18.3 Å². The van der Waals surface area contributed by atoms with Crippen molar-refractivity contribution in [1.29, 1.82) is 5.26 Å². The molecule has 0 radical (unpaired) electrons. The molecule has 102 valence electrons. The highest BCUT2D eigenvalue weighted by atomic mass is 35.5. The fraction of sp³-hybridized carbons (Fsp3) is 0.188. The van der Waals surface area contributed by atoms with Gasteiger partial charge in [0.15, 0.2) is 0 Å². The molecule has 4 heteroatoms. The van der Waals surface area contributed by atoms with Crippen molar-refractivity contribution in [3.63, 3.8) is 0 Å². The molecule has 0 aromatic heterocycles. The molecule has 0 aliphatic heterocycles. The highest BCUT2D eigenvalue weighted by molar-refractivity contribution is 6.32. The molecule has 0 saturated carbocycles. The third-order valence-electron chi connectivity index (χ3n) is 3.07. The van der Waals surface area contributed by atoms with Crippen molar-refractivity contribution < 1.29 is 0 Å². The molecule has 1 N–H and O–H groups in total. The van der Waals surface area contributed by atoms with Gasteiger partial charge in [-0.25, -0.2) is 0 Å². The third-order valence-corrected chi connectivity index (χ3v) is 3.38. The Labute approximate surface area is 124 Å². The Bertz CT molecular complexity index is 672. The highest BCUT2D eigenvalue weighted by Gasteiger charge is 2.04. The van der Waals surface area contributed by atoms with Crippen molar-refractivity contribution in [2.45, 2.75) is 6.92 Å². The first-order valence-corrected chi connectivity index (χ1v) is 6.63. The number of anilines is 3. The zero-order chi connectivity index (χ0) is 14.7. The summed E-state index contributed by atoms with van der Waals surface area (Å²) in [6.45, 7) is 2.08. The first-order chi connectivity index (χ1) is 9.51. The van der Waals surface area contributed by atoms with Crippen molar-refractivity contribution in [2.75, 3.05) is 24.3 Å². The number of nitriles is 1. The van der Waals surface area contributed by atoms with Crippen LogP contribution in [0.2, 0.25) is 5.02 Å². The Kier molecular flexibility index (Phi) is 4.16. The van der Waals surface area contributed by atoms with Crippen LogP contribution in [0.5, 0.6) is 0 Å². The zero-order valence-corrected chi connectivity index (χ0v) is 12.5. The van der Waals surface area contributed by atoms with Gasteiger partial charge in [0.2, 0.25) is 0 Å². The molecular formula is C16H16ClN3. The lowest BCUT2D eigenvalue weighted by molar-refractivity contribution is 1.11. The number of nitrogens with zero attached hydrogens (tertiary/aromatic N) is 2. The van der Waals surface area contributed by atoms with Crippen molar-refractivity contribution in [3.05, 3.63) is 52.5 Å². The smallest absolute Gasteiger partial charge is 0.101 e. The molecule has 2 aromatic carbocycles. The number of halogens is 1. The van der Waals surface area contributed by atoms with Crippen molar-refractivity contribution in [1.82, 2.24) is 0 Å². The molecular weight excluding hydrogens is 270 g/mol. The average Bonchev–Trinajstić information content (AvgIpc) is 2.41. The standard InChI is InChI=1S/C16H16ClN3/c1-11-4-6-14(9-16(11)20(2)3)19-13-7-5-12(10-18)15(17)8-13/h4-9,19H,1-3H3. The summed E-state index contributed by atoms with van der Waals surface area (Å²) < 4.78 is 0. The maximum absolute atomic E-state index is 8.87. The maximum Gasteiger partial charge on any atom is 0.101 e. The van der Waals surface area contributed by atoms with Gasteiger partial charge in [-0.3, -0.25) is 0 Å². The van der Waals surface area contributed by atoms with Gasteiger partial charge >= 0.3 is 0 Å². The Hall–Kier alpha value is -2.18. The number of nitrogens with one attached hydrogen (secondary N) is 1. The Morgan fingerprint density at radius 1 is 1.10 bits per heavy atom. The van der Waals surface area contributed by atoms with Crippen LogP contribution in [0.15, 0.2) is 36.4 Å². The van der Waals surface area contributed by atoms with E-state index in [1.165, 1.54) is 5.56 Å². The molecule has 0 fully saturated rings. The predicted molar refractivity (Wildman–Crippen MR) is 85.0 cm³/mol. The zero-order valence-electron chi connectivity index (χ0n) is 11.7. The van der Waals surface area contributed by atoms with Crippen molar-refractivity contribution >= 4 is 28.7 Å². The largest absolute Gasteiger partial charge is 0.377 e. The van der Waals surface area contributed by atoms with E-state index in [2.05, 4.69) is 35.3 Å². The fourth-order valence-electron chi connectivity index (χ4n) is 2.02. The first kappa shape index (κ1) is 14.2. The van der Waals surface area contributed by atoms with E-state index in [9.17, 15) is 0 Å². The lowest BCUT2D eigenvalue weighted by Crippen LogP contribution is -2.10. The van der Waals surface area contributed by atoms with Gasteiger partial charge < -0.3 is 10.2 Å². The van der Waals surface area contributed by atoms with Crippen LogP contribution >= 0.6 is 11.6 Å². The van der Waals surface area contributed by atoms with E-state index in [-0.39, 0.29) is 0 Å². The van der Waals surface area contributed by atoms with Gasteiger partial charge in [0.1, 0.15) is 6.07 Å². The molecule has 0 bridgehead atoms.